The number of hydroxylamine groups is 1. The zero-order valence-electron chi connectivity index (χ0n) is 32.3. The average molecular weight is 682 g/mol. The number of carbonyl (C=O) groups excluding carboxylic acids is 1. The molecule has 0 bridgehead atoms. The van der Waals surface area contributed by atoms with Crippen LogP contribution in [0.25, 0.3) is 0 Å². The molecule has 0 spiro atoms. The molecule has 0 aromatic rings. The number of fused-ring (bicyclic) bond motifs is 5. The molecule has 0 aromatic heterocycles. The van der Waals surface area contributed by atoms with Gasteiger partial charge in [0.1, 0.15) is 17.7 Å². The smallest absolute Gasteiger partial charge is 0.325 e. The zero-order valence-corrected chi connectivity index (χ0v) is 33.5. The van der Waals surface area contributed by atoms with E-state index in [4.69, 9.17) is 9.26 Å². The molecule has 0 aliphatic heterocycles. The highest BCUT2D eigenvalue weighted by atomic mass is 28.3. The van der Waals surface area contributed by atoms with Crippen LogP contribution < -0.4 is 5.48 Å². The molecule has 5 nitrogen and oxygen atoms in total. The first-order chi connectivity index (χ1) is 22.5. The Labute approximate surface area is 295 Å². The van der Waals surface area contributed by atoms with Crippen LogP contribution in [0.4, 0.5) is 0 Å². The Kier molecular flexibility index (Phi) is 11.7. The van der Waals surface area contributed by atoms with Crippen molar-refractivity contribution in [2.24, 2.45) is 57.7 Å². The number of hydrogen-bond donors (Lipinski definition) is 2. The highest BCUT2D eigenvalue weighted by molar-refractivity contribution is 6.48. The third kappa shape index (κ3) is 7.82. The minimum Gasteiger partial charge on any atom is -0.461 e. The van der Waals surface area contributed by atoms with E-state index in [1.165, 1.54) is 51.4 Å². The van der Waals surface area contributed by atoms with Crippen molar-refractivity contribution in [2.75, 3.05) is 0 Å². The third-order valence-electron chi connectivity index (χ3n) is 14.2. The minimum absolute atomic E-state index is 0.0259. The van der Waals surface area contributed by atoms with Crippen LogP contribution in [0.3, 0.4) is 0 Å². The second-order valence-corrected chi connectivity index (χ2v) is 21.5. The van der Waals surface area contributed by atoms with E-state index in [-0.39, 0.29) is 28.8 Å². The van der Waals surface area contributed by atoms with Gasteiger partial charge >= 0.3 is 5.97 Å². The summed E-state index contributed by atoms with van der Waals surface area (Å²) in [6.45, 7) is 22.8. The molecule has 0 saturated heterocycles. The van der Waals surface area contributed by atoms with Crippen LogP contribution in [-0.2, 0) is 14.1 Å². The van der Waals surface area contributed by atoms with Gasteiger partial charge in [0.25, 0.3) is 0 Å². The van der Waals surface area contributed by atoms with Gasteiger partial charge in [0, 0.05) is 6.42 Å². The van der Waals surface area contributed by atoms with Crippen molar-refractivity contribution in [3.63, 3.8) is 0 Å². The van der Waals surface area contributed by atoms with Crippen molar-refractivity contribution < 1.29 is 19.2 Å². The van der Waals surface area contributed by atoms with E-state index in [1.807, 2.05) is 45.1 Å². The number of hydrogen-bond acceptors (Lipinski definition) is 5. The first-order valence-corrected chi connectivity index (χ1v) is 22.7. The zero-order chi connectivity index (χ0) is 35.1. The maximum absolute atomic E-state index is 13.7. The van der Waals surface area contributed by atoms with Crippen molar-refractivity contribution in [1.82, 2.24) is 5.48 Å². The van der Waals surface area contributed by atoms with Crippen LogP contribution in [0.2, 0.25) is 13.1 Å². The molecule has 272 valence electrons. The van der Waals surface area contributed by atoms with Gasteiger partial charge in [0.05, 0.1) is 0 Å². The number of allylic oxidation sites excluding steroid dienone is 3. The molecule has 2 N–H and O–H groups in total. The number of ether oxygens (including phenoxy) is 1. The summed E-state index contributed by atoms with van der Waals surface area (Å²) in [6.07, 6.45) is 24.8. The Hall–Kier alpha value is -1.21. The summed E-state index contributed by atoms with van der Waals surface area (Å²) < 4.78 is 12.2. The van der Waals surface area contributed by atoms with Gasteiger partial charge in [-0.05, 0) is 122 Å². The molecular formula is C42H71NO4Si. The van der Waals surface area contributed by atoms with E-state index < -0.39 is 20.7 Å². The van der Waals surface area contributed by atoms with E-state index in [9.17, 15) is 9.90 Å². The monoisotopic (exact) mass is 682 g/mol. The number of esters is 1. The molecule has 3 fully saturated rings. The van der Waals surface area contributed by atoms with Crippen molar-refractivity contribution in [1.29, 1.82) is 0 Å². The van der Waals surface area contributed by atoms with Gasteiger partial charge in [-0.2, -0.15) is 0 Å². The molecule has 6 heteroatoms. The fraction of sp³-hybridized carbons (Fsp3) is 0.833. The van der Waals surface area contributed by atoms with Crippen LogP contribution >= 0.6 is 0 Å². The molecule has 5 rings (SSSR count). The lowest BCUT2D eigenvalue weighted by Gasteiger charge is -2.58. The number of rotatable bonds is 12. The Balaban J connectivity index is 1.21. The molecule has 1 unspecified atom stereocenters. The molecule has 0 aromatic carbocycles. The van der Waals surface area contributed by atoms with Crippen LogP contribution in [0.5, 0.6) is 0 Å². The lowest BCUT2D eigenvalue weighted by atomic mass is 9.47. The van der Waals surface area contributed by atoms with Gasteiger partial charge in [-0.1, -0.05) is 111 Å². The van der Waals surface area contributed by atoms with E-state index in [2.05, 4.69) is 59.3 Å². The molecule has 0 heterocycles. The van der Waals surface area contributed by atoms with Crippen LogP contribution in [0, 0.1) is 57.7 Å². The lowest BCUT2D eigenvalue weighted by Crippen LogP contribution is -2.51. The standard InChI is InChI=1S/C42H71NO4Si/c1-28(2)12-11-13-29(3)34-16-17-35-33-15-14-31-27-32(20-22-40(31,7)36(33)21-23-41(34,35)8)46-38(44)37(43-47-48(9)10)26-30-18-24-42(45,25-19-30)39(4,5)6/h14,18-19,24-25,28-30,32-37,43,45,48H,11-13,15-17,20-23,26-27H2,1-10H3/t29-,30?,32+,33+,34-,35+,36+,37?,40+,41-,42?/m1/s1. The van der Waals surface area contributed by atoms with E-state index in [0.29, 0.717) is 11.8 Å². The highest BCUT2D eigenvalue weighted by Crippen LogP contribution is 2.67. The van der Waals surface area contributed by atoms with Gasteiger partial charge in [0.2, 0.25) is 0 Å². The van der Waals surface area contributed by atoms with Gasteiger partial charge in [-0.15, -0.1) is 0 Å². The summed E-state index contributed by atoms with van der Waals surface area (Å²) in [7, 11) is -1.39. The normalized spacial score (nSPS) is 39.1. The predicted molar refractivity (Wildman–Crippen MR) is 201 cm³/mol. The van der Waals surface area contributed by atoms with Crippen molar-refractivity contribution >= 4 is 15.0 Å². The lowest BCUT2D eigenvalue weighted by molar-refractivity contribution is -0.157. The first kappa shape index (κ1) is 38.0. The van der Waals surface area contributed by atoms with Gasteiger partial charge in [-0.3, -0.25) is 4.79 Å². The van der Waals surface area contributed by atoms with Crippen LogP contribution in [-0.4, -0.2) is 37.9 Å². The van der Waals surface area contributed by atoms with Gasteiger partial charge < -0.3 is 14.4 Å². The molecule has 48 heavy (non-hydrogen) atoms. The fourth-order valence-corrected chi connectivity index (χ4v) is 11.4. The summed E-state index contributed by atoms with van der Waals surface area (Å²) >= 11 is 0. The Morgan fingerprint density at radius 2 is 1.73 bits per heavy atom. The number of nitrogens with one attached hydrogen (secondary N) is 1. The Morgan fingerprint density at radius 1 is 1.02 bits per heavy atom. The SMILES string of the molecule is CC(C)CCC[C@@H](C)[C@H]1CC[C@H]2[C@@H]3CC=C4C[C@@H](OC(=O)C(CC5C=CC(O)(C(C)(C)C)C=C5)NO[SiH](C)C)CC[C@]4(C)[C@H]3CC[C@]12C. The van der Waals surface area contributed by atoms with E-state index in [1.54, 1.807) is 5.57 Å². The van der Waals surface area contributed by atoms with Gasteiger partial charge in [0.15, 0.2) is 9.04 Å². The van der Waals surface area contributed by atoms with Crippen LogP contribution in [0.15, 0.2) is 36.0 Å². The summed E-state index contributed by atoms with van der Waals surface area (Å²) in [5.41, 5.74) is 4.11. The average Bonchev–Trinajstić information content (AvgIpc) is 3.37. The van der Waals surface area contributed by atoms with Crippen molar-refractivity contribution in [3.05, 3.63) is 36.0 Å². The third-order valence-corrected chi connectivity index (χ3v) is 14.8. The molecular weight excluding hydrogens is 611 g/mol. The maximum atomic E-state index is 13.7. The summed E-state index contributed by atoms with van der Waals surface area (Å²) in [5.74, 6) is 4.79. The first-order valence-electron chi connectivity index (χ1n) is 19.9. The van der Waals surface area contributed by atoms with Gasteiger partial charge in [-0.25, -0.2) is 5.48 Å². The number of carbonyl (C=O) groups is 1. The van der Waals surface area contributed by atoms with E-state index in [0.717, 1.165) is 54.8 Å². The Bertz CT molecular complexity index is 1200. The largest absolute Gasteiger partial charge is 0.461 e. The van der Waals surface area contributed by atoms with Crippen LogP contribution in [0.1, 0.15) is 132 Å². The summed E-state index contributed by atoms with van der Waals surface area (Å²) in [6, 6.07) is -0.544. The van der Waals surface area contributed by atoms with Crippen molar-refractivity contribution in [3.8, 4) is 0 Å². The molecule has 0 amide bonds. The molecule has 3 saturated carbocycles. The molecule has 5 aliphatic rings. The molecule has 9 atom stereocenters. The fourth-order valence-electron chi connectivity index (χ4n) is 11.0. The van der Waals surface area contributed by atoms with E-state index >= 15 is 0 Å². The second-order valence-electron chi connectivity index (χ2n) is 19.1. The topological polar surface area (TPSA) is 67.8 Å². The Morgan fingerprint density at radius 3 is 2.38 bits per heavy atom. The quantitative estimate of drug-likeness (QED) is 0.0929. The predicted octanol–water partition coefficient (Wildman–Crippen LogP) is 9.72. The summed E-state index contributed by atoms with van der Waals surface area (Å²) in [4.78, 5) is 13.7. The second kappa shape index (κ2) is 14.8. The highest BCUT2D eigenvalue weighted by Gasteiger charge is 2.59. The molecule has 0 radical (unpaired) electrons. The summed E-state index contributed by atoms with van der Waals surface area (Å²) in [5, 5.41) is 11.1. The van der Waals surface area contributed by atoms with Crippen molar-refractivity contribution in [2.45, 2.75) is 163 Å². The number of aliphatic hydroxyl groups is 1. The maximum Gasteiger partial charge on any atom is 0.325 e. The molecule has 5 aliphatic carbocycles. The minimum atomic E-state index is -1.39.